The summed E-state index contributed by atoms with van der Waals surface area (Å²) in [6.07, 6.45) is 1.76. The number of phenolic OH excluding ortho intramolecular Hbond substituents is 1. The van der Waals surface area contributed by atoms with E-state index >= 15 is 0 Å². The highest BCUT2D eigenvalue weighted by Crippen LogP contribution is 2.38. The molecule has 0 aliphatic rings. The maximum Gasteiger partial charge on any atom is 0.324 e. The minimum atomic E-state index is -1.21. The first-order chi connectivity index (χ1) is 11.1. The number of aromatic nitrogens is 2. The normalized spacial score (nSPS) is 9.58. The third kappa shape index (κ3) is 4.66. The van der Waals surface area contributed by atoms with Crippen molar-refractivity contribution in [3.8, 4) is 5.75 Å². The average molecular weight is 337 g/mol. The van der Waals surface area contributed by atoms with Crippen molar-refractivity contribution in [2.24, 2.45) is 0 Å². The Balaban J connectivity index is 0.000000300. The summed E-state index contributed by atoms with van der Waals surface area (Å²) in [6.45, 7) is 3.84. The van der Waals surface area contributed by atoms with Crippen LogP contribution in [0, 0.1) is 44.2 Å². The molecular weight excluding hydrogens is 326 g/mol. The van der Waals surface area contributed by atoms with Crippen LogP contribution in [0.15, 0.2) is 24.4 Å². The average Bonchev–Trinajstić information content (AvgIpc) is 2.46. The summed E-state index contributed by atoms with van der Waals surface area (Å²) in [6, 6.07) is 2.78. The fourth-order valence-electron chi connectivity index (χ4n) is 1.55. The summed E-state index contributed by atoms with van der Waals surface area (Å²) in [5.41, 5.74) is -1.98. The van der Waals surface area contributed by atoms with Gasteiger partial charge in [-0.3, -0.25) is 30.3 Å². The second kappa shape index (κ2) is 7.53. The number of nitrogens with zero attached hydrogens (tertiary/aromatic N) is 5. The molecule has 0 saturated carbocycles. The van der Waals surface area contributed by atoms with Gasteiger partial charge in [0.2, 0.25) is 0 Å². The van der Waals surface area contributed by atoms with Crippen molar-refractivity contribution in [3.05, 3.63) is 66.3 Å². The quantitative estimate of drug-likeness (QED) is 0.649. The van der Waals surface area contributed by atoms with Crippen LogP contribution in [0.3, 0.4) is 0 Å². The van der Waals surface area contributed by atoms with Crippen LogP contribution in [0.4, 0.5) is 17.1 Å². The third-order valence-corrected chi connectivity index (χ3v) is 2.57. The lowest BCUT2D eigenvalue weighted by Gasteiger charge is -1.97. The number of hydrogen-bond acceptors (Lipinski definition) is 9. The molecule has 2 aromatic rings. The topological polar surface area (TPSA) is 175 Å². The highest BCUT2D eigenvalue weighted by Gasteiger charge is 2.30. The summed E-state index contributed by atoms with van der Waals surface area (Å²) < 4.78 is 0. The first kappa shape index (κ1) is 18.3. The summed E-state index contributed by atoms with van der Waals surface area (Å²) in [5, 5.41) is 40.2. The van der Waals surface area contributed by atoms with Gasteiger partial charge in [-0.05, 0) is 19.9 Å². The molecule has 0 fully saturated rings. The van der Waals surface area contributed by atoms with E-state index in [0.29, 0.717) is 12.1 Å². The molecule has 1 aromatic heterocycles. The zero-order valence-corrected chi connectivity index (χ0v) is 12.4. The number of aromatic hydroxyl groups is 1. The second-order valence-electron chi connectivity index (χ2n) is 4.35. The van der Waals surface area contributed by atoms with Crippen LogP contribution in [-0.4, -0.2) is 29.8 Å². The zero-order valence-electron chi connectivity index (χ0n) is 12.4. The van der Waals surface area contributed by atoms with E-state index in [9.17, 15) is 30.3 Å². The molecular formula is C12H11N5O7. The molecule has 12 nitrogen and oxygen atoms in total. The van der Waals surface area contributed by atoms with Crippen molar-refractivity contribution < 1.29 is 19.9 Å². The van der Waals surface area contributed by atoms with Crippen molar-refractivity contribution in [1.29, 1.82) is 0 Å². The number of benzene rings is 1. The Labute approximate surface area is 133 Å². The molecule has 0 unspecified atom stereocenters. The van der Waals surface area contributed by atoms with E-state index in [1.54, 1.807) is 6.20 Å². The number of non-ortho nitro benzene ring substituents is 1. The van der Waals surface area contributed by atoms with Gasteiger partial charge in [0, 0.05) is 11.9 Å². The maximum absolute atomic E-state index is 10.4. The van der Waals surface area contributed by atoms with Crippen molar-refractivity contribution >= 4 is 17.1 Å². The molecule has 12 heteroatoms. The summed E-state index contributed by atoms with van der Waals surface area (Å²) in [4.78, 5) is 35.8. The fourth-order valence-corrected chi connectivity index (χ4v) is 1.55. The number of phenols is 1. The van der Waals surface area contributed by atoms with Gasteiger partial charge in [-0.25, -0.2) is 9.97 Å². The predicted molar refractivity (Wildman–Crippen MR) is 79.6 cm³/mol. The second-order valence-corrected chi connectivity index (χ2v) is 4.35. The minimum Gasteiger partial charge on any atom is -0.497 e. The van der Waals surface area contributed by atoms with E-state index in [1.807, 2.05) is 19.9 Å². The number of nitro benzene ring substituents is 3. The lowest BCUT2D eigenvalue weighted by Crippen LogP contribution is -1.97. The first-order valence-electron chi connectivity index (χ1n) is 6.20. The van der Waals surface area contributed by atoms with Crippen molar-refractivity contribution in [3.63, 3.8) is 0 Å². The van der Waals surface area contributed by atoms with Gasteiger partial charge in [0.25, 0.3) is 11.4 Å². The summed E-state index contributed by atoms with van der Waals surface area (Å²) in [5.74, 6) is -0.370. The van der Waals surface area contributed by atoms with Crippen LogP contribution < -0.4 is 0 Å². The highest BCUT2D eigenvalue weighted by molar-refractivity contribution is 5.64. The number of rotatable bonds is 3. The Hall–Kier alpha value is -3.70. The molecule has 0 amide bonds. The lowest BCUT2D eigenvalue weighted by molar-refractivity contribution is -0.404. The van der Waals surface area contributed by atoms with Gasteiger partial charge in [-0.15, -0.1) is 0 Å². The molecule has 0 spiro atoms. The fraction of sp³-hybridized carbons (Fsp3) is 0.167. The maximum atomic E-state index is 10.4. The van der Waals surface area contributed by atoms with E-state index in [4.69, 9.17) is 5.11 Å². The Morgan fingerprint density at radius 2 is 1.46 bits per heavy atom. The number of nitro groups is 3. The molecule has 0 saturated heterocycles. The Bertz CT molecular complexity index is 756. The molecule has 2 rings (SSSR count). The molecule has 0 bridgehead atoms. The van der Waals surface area contributed by atoms with Gasteiger partial charge < -0.3 is 5.11 Å². The Morgan fingerprint density at radius 3 is 1.75 bits per heavy atom. The molecule has 1 heterocycles. The monoisotopic (exact) mass is 337 g/mol. The van der Waals surface area contributed by atoms with Crippen LogP contribution in [0.5, 0.6) is 5.75 Å². The van der Waals surface area contributed by atoms with E-state index in [0.717, 1.165) is 11.5 Å². The van der Waals surface area contributed by atoms with Crippen LogP contribution >= 0.6 is 0 Å². The number of hydrogen-bond donors (Lipinski definition) is 1. The first-order valence-corrected chi connectivity index (χ1v) is 6.20. The zero-order chi connectivity index (χ0) is 18.4. The smallest absolute Gasteiger partial charge is 0.324 e. The number of aryl methyl sites for hydroxylation is 2. The van der Waals surface area contributed by atoms with E-state index in [1.165, 1.54) is 0 Å². The Kier molecular flexibility index (Phi) is 5.76. The lowest BCUT2D eigenvalue weighted by atomic mass is 10.2. The summed E-state index contributed by atoms with van der Waals surface area (Å²) >= 11 is 0. The molecule has 0 aliphatic heterocycles. The standard InChI is InChI=1S/C6H3N3O7.C6H8N2/c10-6-4(8(13)14)1-3(7(11)12)2-5(6)9(15)16;1-5-3-4-7-6(2)8-5/h1-2,10H;3-4H,1-2H3. The molecule has 1 aromatic carbocycles. The minimum absolute atomic E-state index is 0.447. The van der Waals surface area contributed by atoms with Crippen LogP contribution in [-0.2, 0) is 0 Å². The van der Waals surface area contributed by atoms with Crippen LogP contribution in [0.1, 0.15) is 11.5 Å². The van der Waals surface area contributed by atoms with Gasteiger partial charge in [0.15, 0.2) is 0 Å². The van der Waals surface area contributed by atoms with E-state index in [-0.39, 0.29) is 0 Å². The van der Waals surface area contributed by atoms with Gasteiger partial charge in [0.1, 0.15) is 5.82 Å². The van der Waals surface area contributed by atoms with E-state index in [2.05, 4.69) is 9.97 Å². The van der Waals surface area contributed by atoms with E-state index < -0.39 is 37.6 Å². The summed E-state index contributed by atoms with van der Waals surface area (Å²) in [7, 11) is 0. The van der Waals surface area contributed by atoms with Crippen LogP contribution in [0.2, 0.25) is 0 Å². The van der Waals surface area contributed by atoms with Gasteiger partial charge in [-0.1, -0.05) is 0 Å². The van der Waals surface area contributed by atoms with Gasteiger partial charge >= 0.3 is 11.4 Å². The largest absolute Gasteiger partial charge is 0.497 e. The van der Waals surface area contributed by atoms with Crippen LogP contribution in [0.25, 0.3) is 0 Å². The molecule has 0 atom stereocenters. The predicted octanol–water partition coefficient (Wildman–Crippen LogP) is 2.21. The van der Waals surface area contributed by atoms with Crippen molar-refractivity contribution in [2.45, 2.75) is 13.8 Å². The van der Waals surface area contributed by atoms with Gasteiger partial charge in [0.05, 0.1) is 26.9 Å². The van der Waals surface area contributed by atoms with Crippen molar-refractivity contribution in [1.82, 2.24) is 9.97 Å². The van der Waals surface area contributed by atoms with Crippen molar-refractivity contribution in [2.75, 3.05) is 0 Å². The molecule has 0 aliphatic carbocycles. The molecule has 1 N–H and O–H groups in total. The molecule has 0 radical (unpaired) electrons. The van der Waals surface area contributed by atoms with Gasteiger partial charge in [-0.2, -0.15) is 0 Å². The molecule has 126 valence electrons. The third-order valence-electron chi connectivity index (χ3n) is 2.57. The highest BCUT2D eigenvalue weighted by atomic mass is 16.6. The SMILES string of the molecule is Cc1ccnc(C)n1.O=[N+]([O-])c1cc([N+](=O)[O-])c(O)c([N+](=O)[O-])c1. The molecule has 24 heavy (non-hydrogen) atoms. The Morgan fingerprint density at radius 1 is 0.958 bits per heavy atom.